The monoisotopic (exact) mass is 308 g/mol. The van der Waals surface area contributed by atoms with Gasteiger partial charge in [0, 0.05) is 17.0 Å². The smallest absolute Gasteiger partial charge is 0.331 e. The van der Waals surface area contributed by atoms with Crippen molar-refractivity contribution in [3.05, 3.63) is 72.0 Å². The molecule has 116 valence electrons. The molecule has 0 N–H and O–H groups in total. The van der Waals surface area contributed by atoms with Crippen molar-refractivity contribution in [2.24, 2.45) is 0 Å². The number of rotatable bonds is 5. The van der Waals surface area contributed by atoms with Gasteiger partial charge in [0.15, 0.2) is 0 Å². The van der Waals surface area contributed by atoms with Crippen LogP contribution >= 0.6 is 0 Å². The Balaban J connectivity index is 1.62. The first-order chi connectivity index (χ1) is 11.3. The fourth-order valence-electron chi connectivity index (χ4n) is 2.26. The van der Waals surface area contributed by atoms with E-state index in [9.17, 15) is 4.79 Å². The van der Waals surface area contributed by atoms with E-state index in [4.69, 9.17) is 13.9 Å². The third-order valence-corrected chi connectivity index (χ3v) is 3.37. The number of furan rings is 1. The van der Waals surface area contributed by atoms with E-state index in [0.717, 1.165) is 16.5 Å². The molecule has 0 bridgehead atoms. The lowest BCUT2D eigenvalue weighted by atomic mass is 10.2. The van der Waals surface area contributed by atoms with Crippen molar-refractivity contribution in [1.29, 1.82) is 0 Å². The van der Waals surface area contributed by atoms with Gasteiger partial charge in [0.2, 0.25) is 0 Å². The molecule has 0 aliphatic carbocycles. The molecule has 3 aromatic rings. The molecule has 4 heteroatoms. The Labute approximate surface area is 133 Å². The van der Waals surface area contributed by atoms with Gasteiger partial charge in [-0.05, 0) is 24.3 Å². The number of methoxy groups -OCH3 is 1. The molecule has 0 fully saturated rings. The normalized spacial score (nSPS) is 11.0. The molecule has 0 radical (unpaired) electrons. The number of hydrogen-bond acceptors (Lipinski definition) is 4. The number of fused-ring (bicyclic) bond motifs is 1. The molecule has 4 nitrogen and oxygen atoms in total. The van der Waals surface area contributed by atoms with E-state index in [0.29, 0.717) is 11.5 Å². The maximum Gasteiger partial charge on any atom is 0.331 e. The number of ether oxygens (including phenoxy) is 2. The lowest BCUT2D eigenvalue weighted by Crippen LogP contribution is -1.99. The molecule has 2 aromatic carbocycles. The van der Waals surface area contributed by atoms with Crippen molar-refractivity contribution >= 4 is 23.0 Å². The summed E-state index contributed by atoms with van der Waals surface area (Å²) >= 11 is 0. The van der Waals surface area contributed by atoms with E-state index in [1.807, 2.05) is 54.6 Å². The predicted octanol–water partition coefficient (Wildman–Crippen LogP) is 4.20. The number of benzene rings is 2. The molecular formula is C19H16O4. The molecule has 0 saturated carbocycles. The molecule has 0 saturated heterocycles. The third kappa shape index (κ3) is 3.61. The highest BCUT2D eigenvalue weighted by Gasteiger charge is 2.06. The van der Waals surface area contributed by atoms with Crippen LogP contribution in [0.4, 0.5) is 0 Å². The van der Waals surface area contributed by atoms with E-state index < -0.39 is 5.97 Å². The third-order valence-electron chi connectivity index (χ3n) is 3.37. The number of carbonyl (C=O) groups is 1. The van der Waals surface area contributed by atoms with Gasteiger partial charge < -0.3 is 13.9 Å². The Morgan fingerprint density at radius 1 is 1.13 bits per heavy atom. The van der Waals surface area contributed by atoms with Gasteiger partial charge in [0.25, 0.3) is 0 Å². The molecule has 0 aliphatic heterocycles. The van der Waals surface area contributed by atoms with Crippen molar-refractivity contribution in [1.82, 2.24) is 0 Å². The van der Waals surface area contributed by atoms with Gasteiger partial charge in [0.1, 0.15) is 23.7 Å². The van der Waals surface area contributed by atoms with Gasteiger partial charge in [-0.3, -0.25) is 0 Å². The van der Waals surface area contributed by atoms with E-state index in [1.54, 1.807) is 13.2 Å². The lowest BCUT2D eigenvalue weighted by molar-refractivity contribution is -0.139. The average molecular weight is 308 g/mol. The Morgan fingerprint density at radius 2 is 1.91 bits per heavy atom. The highest BCUT2D eigenvalue weighted by molar-refractivity contribution is 5.87. The first-order valence-corrected chi connectivity index (χ1v) is 7.21. The maximum absolute atomic E-state index is 11.8. The Hall–Kier alpha value is -3.01. The summed E-state index contributed by atoms with van der Waals surface area (Å²) in [6, 6.07) is 17.0. The number of esters is 1. The molecule has 0 amide bonds. The minimum absolute atomic E-state index is 0.101. The summed E-state index contributed by atoms with van der Waals surface area (Å²) in [6.07, 6.45) is 3.04. The second-order valence-electron chi connectivity index (χ2n) is 4.93. The van der Waals surface area contributed by atoms with Crippen molar-refractivity contribution in [2.75, 3.05) is 7.11 Å². The van der Waals surface area contributed by atoms with Crippen LogP contribution in [0.15, 0.2) is 65.1 Å². The largest absolute Gasteiger partial charge is 0.496 e. The summed E-state index contributed by atoms with van der Waals surface area (Å²) in [5, 5.41) is 0.989. The molecule has 0 unspecified atom stereocenters. The van der Waals surface area contributed by atoms with Crippen molar-refractivity contribution < 1.29 is 18.7 Å². The summed E-state index contributed by atoms with van der Waals surface area (Å²) in [4.78, 5) is 11.8. The number of hydrogen-bond donors (Lipinski definition) is 0. The predicted molar refractivity (Wildman–Crippen MR) is 88.0 cm³/mol. The van der Waals surface area contributed by atoms with Gasteiger partial charge in [-0.1, -0.05) is 36.4 Å². The van der Waals surface area contributed by atoms with Crippen LogP contribution in [0.3, 0.4) is 0 Å². The Kier molecular flexibility index (Phi) is 4.43. The zero-order valence-corrected chi connectivity index (χ0v) is 12.7. The summed E-state index contributed by atoms with van der Waals surface area (Å²) in [5.74, 6) is 0.885. The highest BCUT2D eigenvalue weighted by Crippen LogP contribution is 2.20. The van der Waals surface area contributed by atoms with Crippen LogP contribution in [-0.2, 0) is 16.1 Å². The van der Waals surface area contributed by atoms with E-state index in [2.05, 4.69) is 0 Å². The van der Waals surface area contributed by atoms with E-state index in [1.165, 1.54) is 6.08 Å². The first kappa shape index (κ1) is 14.9. The van der Waals surface area contributed by atoms with Crippen molar-refractivity contribution in [3.63, 3.8) is 0 Å². The molecule has 1 heterocycles. The van der Waals surface area contributed by atoms with Gasteiger partial charge >= 0.3 is 5.97 Å². The lowest BCUT2D eigenvalue weighted by Gasteiger charge is -2.03. The molecule has 0 spiro atoms. The van der Waals surface area contributed by atoms with E-state index in [-0.39, 0.29) is 6.61 Å². The topological polar surface area (TPSA) is 48.7 Å². The fraction of sp³-hybridized carbons (Fsp3) is 0.105. The molecule has 1 aromatic heterocycles. The molecule has 0 aliphatic rings. The summed E-state index contributed by atoms with van der Waals surface area (Å²) < 4.78 is 16.0. The van der Waals surface area contributed by atoms with Crippen molar-refractivity contribution in [3.8, 4) is 5.75 Å². The first-order valence-electron chi connectivity index (χ1n) is 7.21. The van der Waals surface area contributed by atoms with Gasteiger partial charge in [-0.25, -0.2) is 4.79 Å². The maximum atomic E-state index is 11.8. The Bertz CT molecular complexity index is 812. The van der Waals surface area contributed by atoms with Crippen LogP contribution in [0.1, 0.15) is 11.3 Å². The van der Waals surface area contributed by atoms with Gasteiger partial charge in [-0.2, -0.15) is 0 Å². The fourth-order valence-corrected chi connectivity index (χ4v) is 2.26. The summed E-state index contributed by atoms with van der Waals surface area (Å²) in [5.41, 5.74) is 1.60. The summed E-state index contributed by atoms with van der Waals surface area (Å²) in [7, 11) is 1.59. The molecule has 23 heavy (non-hydrogen) atoms. The number of carbonyl (C=O) groups excluding carboxylic acids is 1. The van der Waals surface area contributed by atoms with Crippen LogP contribution < -0.4 is 4.74 Å². The average Bonchev–Trinajstić information content (AvgIpc) is 3.01. The minimum Gasteiger partial charge on any atom is -0.496 e. The van der Waals surface area contributed by atoms with E-state index >= 15 is 0 Å². The van der Waals surface area contributed by atoms with Crippen LogP contribution in [0.25, 0.3) is 17.0 Å². The SMILES string of the molecule is COc1ccccc1/C=C/C(=O)OCc1cc2ccccc2o1. The standard InChI is InChI=1S/C19H16O4/c1-21-17-8-4-2-6-14(17)10-11-19(20)22-13-16-12-15-7-3-5-9-18(15)23-16/h2-12H,13H2,1H3/b11-10+. The van der Waals surface area contributed by atoms with Crippen LogP contribution in [0.2, 0.25) is 0 Å². The Morgan fingerprint density at radius 3 is 2.74 bits per heavy atom. The molecule has 0 atom stereocenters. The minimum atomic E-state index is -0.434. The van der Waals surface area contributed by atoms with Crippen LogP contribution in [0, 0.1) is 0 Å². The zero-order chi connectivity index (χ0) is 16.1. The summed E-state index contributed by atoms with van der Waals surface area (Å²) in [6.45, 7) is 0.101. The van der Waals surface area contributed by atoms with Gasteiger partial charge in [0.05, 0.1) is 7.11 Å². The number of para-hydroxylation sites is 2. The second kappa shape index (κ2) is 6.83. The second-order valence-corrected chi connectivity index (χ2v) is 4.93. The highest BCUT2D eigenvalue weighted by atomic mass is 16.5. The molecule has 3 rings (SSSR count). The van der Waals surface area contributed by atoms with Crippen LogP contribution in [-0.4, -0.2) is 13.1 Å². The van der Waals surface area contributed by atoms with Crippen LogP contribution in [0.5, 0.6) is 5.75 Å². The molecular weight excluding hydrogens is 292 g/mol. The van der Waals surface area contributed by atoms with Gasteiger partial charge in [-0.15, -0.1) is 0 Å². The van der Waals surface area contributed by atoms with Crippen molar-refractivity contribution in [2.45, 2.75) is 6.61 Å². The quantitative estimate of drug-likeness (QED) is 0.523. The zero-order valence-electron chi connectivity index (χ0n) is 12.7.